The molecule has 1 aliphatic rings. The molecule has 2 rings (SSSR count). The predicted octanol–water partition coefficient (Wildman–Crippen LogP) is 1.59. The molecule has 1 fully saturated rings. The molecule has 5 heteroatoms. The van der Waals surface area contributed by atoms with Crippen LogP contribution in [-0.4, -0.2) is 28.9 Å². The van der Waals surface area contributed by atoms with Crippen molar-refractivity contribution in [3.63, 3.8) is 0 Å². The van der Waals surface area contributed by atoms with Crippen molar-refractivity contribution < 1.29 is 19.1 Å². The number of amides is 2. The van der Waals surface area contributed by atoms with Gasteiger partial charge in [0.1, 0.15) is 0 Å². The SMILES string of the molecule is CC(=O)O[C@@H]1[C@@H](C)C(=O)N1C(=O)/C=C/c1ccccc1. The van der Waals surface area contributed by atoms with Crippen molar-refractivity contribution in [3.8, 4) is 0 Å². The van der Waals surface area contributed by atoms with Gasteiger partial charge in [-0.25, -0.2) is 4.90 Å². The summed E-state index contributed by atoms with van der Waals surface area (Å²) in [7, 11) is 0. The Kier molecular flexibility index (Phi) is 3.98. The van der Waals surface area contributed by atoms with Gasteiger partial charge in [-0.15, -0.1) is 0 Å². The van der Waals surface area contributed by atoms with Crippen LogP contribution in [0.3, 0.4) is 0 Å². The van der Waals surface area contributed by atoms with Crippen molar-refractivity contribution in [2.75, 3.05) is 0 Å². The number of carbonyl (C=O) groups excluding carboxylic acids is 3. The molecule has 0 saturated carbocycles. The standard InChI is InChI=1S/C15H15NO4/c1-10-14(19)16(15(10)20-11(2)17)13(18)9-8-12-6-4-3-5-7-12/h3-10,15H,1-2H3/b9-8+/t10-,15+/m0/s1. The predicted molar refractivity (Wildman–Crippen MR) is 72.0 cm³/mol. The van der Waals surface area contributed by atoms with E-state index in [-0.39, 0.29) is 5.91 Å². The van der Waals surface area contributed by atoms with Gasteiger partial charge in [-0.3, -0.25) is 14.4 Å². The zero-order valence-corrected chi connectivity index (χ0v) is 11.3. The summed E-state index contributed by atoms with van der Waals surface area (Å²) in [6.07, 6.45) is 2.12. The number of carbonyl (C=O) groups is 3. The Morgan fingerprint density at radius 1 is 1.25 bits per heavy atom. The van der Waals surface area contributed by atoms with Gasteiger partial charge in [0.05, 0.1) is 5.92 Å². The first-order valence-electron chi connectivity index (χ1n) is 6.28. The number of β-lactam (4-membered cyclic amide) rings is 1. The number of nitrogens with zero attached hydrogens (tertiary/aromatic N) is 1. The van der Waals surface area contributed by atoms with Crippen molar-refractivity contribution in [3.05, 3.63) is 42.0 Å². The van der Waals surface area contributed by atoms with Gasteiger partial charge in [-0.2, -0.15) is 0 Å². The van der Waals surface area contributed by atoms with Crippen LogP contribution in [0.25, 0.3) is 6.08 Å². The van der Waals surface area contributed by atoms with Crippen LogP contribution in [0.1, 0.15) is 19.4 Å². The molecule has 0 spiro atoms. The highest BCUT2D eigenvalue weighted by atomic mass is 16.6. The molecule has 0 unspecified atom stereocenters. The van der Waals surface area contributed by atoms with E-state index in [0.29, 0.717) is 0 Å². The van der Waals surface area contributed by atoms with Crippen molar-refractivity contribution in [2.45, 2.75) is 20.1 Å². The zero-order chi connectivity index (χ0) is 14.7. The lowest BCUT2D eigenvalue weighted by molar-refractivity contribution is -0.196. The van der Waals surface area contributed by atoms with Gasteiger partial charge in [-0.05, 0) is 18.6 Å². The zero-order valence-electron chi connectivity index (χ0n) is 11.3. The third-order valence-corrected chi connectivity index (χ3v) is 3.05. The van der Waals surface area contributed by atoms with Crippen LogP contribution in [-0.2, 0) is 19.1 Å². The molecule has 1 aromatic rings. The quantitative estimate of drug-likeness (QED) is 0.476. The maximum absolute atomic E-state index is 12.0. The van der Waals surface area contributed by atoms with E-state index in [4.69, 9.17) is 4.74 Å². The van der Waals surface area contributed by atoms with Crippen LogP contribution >= 0.6 is 0 Å². The van der Waals surface area contributed by atoms with Gasteiger partial charge in [-0.1, -0.05) is 30.3 Å². The van der Waals surface area contributed by atoms with Gasteiger partial charge in [0, 0.05) is 13.0 Å². The van der Waals surface area contributed by atoms with Crippen LogP contribution in [0.4, 0.5) is 0 Å². The van der Waals surface area contributed by atoms with Crippen molar-refractivity contribution >= 4 is 23.9 Å². The monoisotopic (exact) mass is 273 g/mol. The topological polar surface area (TPSA) is 63.7 Å². The van der Waals surface area contributed by atoms with Crippen LogP contribution in [0.5, 0.6) is 0 Å². The van der Waals surface area contributed by atoms with Gasteiger partial charge in [0.15, 0.2) is 6.23 Å². The molecular weight excluding hydrogens is 258 g/mol. The Hall–Kier alpha value is -2.43. The minimum Gasteiger partial charge on any atom is -0.440 e. The molecule has 1 aliphatic heterocycles. The summed E-state index contributed by atoms with van der Waals surface area (Å²) in [5.41, 5.74) is 0.853. The average Bonchev–Trinajstić information content (AvgIpc) is 2.45. The molecule has 20 heavy (non-hydrogen) atoms. The molecule has 1 saturated heterocycles. The second-order valence-corrected chi connectivity index (χ2v) is 4.58. The van der Waals surface area contributed by atoms with Crippen LogP contribution in [0, 0.1) is 5.92 Å². The van der Waals surface area contributed by atoms with Crippen LogP contribution in [0.2, 0.25) is 0 Å². The minimum atomic E-state index is -0.798. The number of benzene rings is 1. The average molecular weight is 273 g/mol. The first kappa shape index (κ1) is 14.0. The Bertz CT molecular complexity index is 564. The highest BCUT2D eigenvalue weighted by Crippen LogP contribution is 2.27. The highest BCUT2D eigenvalue weighted by molar-refractivity contribution is 6.07. The fourth-order valence-corrected chi connectivity index (χ4v) is 1.98. The van der Waals surface area contributed by atoms with E-state index in [2.05, 4.69) is 0 Å². The van der Waals surface area contributed by atoms with Gasteiger partial charge < -0.3 is 4.74 Å². The van der Waals surface area contributed by atoms with Crippen molar-refractivity contribution in [2.24, 2.45) is 5.92 Å². The first-order chi connectivity index (χ1) is 9.50. The molecule has 1 aromatic carbocycles. The minimum absolute atomic E-state index is 0.334. The Balaban J connectivity index is 2.06. The molecule has 0 radical (unpaired) electrons. The van der Waals surface area contributed by atoms with E-state index in [1.165, 1.54) is 13.0 Å². The first-order valence-corrected chi connectivity index (χ1v) is 6.28. The number of hydrogen-bond donors (Lipinski definition) is 0. The summed E-state index contributed by atoms with van der Waals surface area (Å²) in [4.78, 5) is 35.6. The van der Waals surface area contributed by atoms with Crippen molar-refractivity contribution in [1.82, 2.24) is 4.90 Å². The number of hydrogen-bond acceptors (Lipinski definition) is 4. The van der Waals surface area contributed by atoms with E-state index in [1.54, 1.807) is 13.0 Å². The summed E-state index contributed by atoms with van der Waals surface area (Å²) < 4.78 is 4.97. The summed E-state index contributed by atoms with van der Waals surface area (Å²) in [5.74, 6) is -1.81. The van der Waals surface area contributed by atoms with E-state index < -0.39 is 24.0 Å². The van der Waals surface area contributed by atoms with Crippen molar-refractivity contribution in [1.29, 1.82) is 0 Å². The number of likely N-dealkylation sites (tertiary alicyclic amines) is 1. The highest BCUT2D eigenvalue weighted by Gasteiger charge is 2.49. The van der Waals surface area contributed by atoms with E-state index in [0.717, 1.165) is 10.5 Å². The smallest absolute Gasteiger partial charge is 0.304 e. The normalized spacial score (nSPS) is 21.7. The fourth-order valence-electron chi connectivity index (χ4n) is 1.98. The summed E-state index contributed by atoms with van der Waals surface area (Å²) in [6, 6.07) is 9.25. The molecule has 2 amide bonds. The van der Waals surface area contributed by atoms with Gasteiger partial charge in [0.25, 0.3) is 5.91 Å². The van der Waals surface area contributed by atoms with Crippen LogP contribution < -0.4 is 0 Å². The summed E-state index contributed by atoms with van der Waals surface area (Å²) in [6.45, 7) is 2.87. The van der Waals surface area contributed by atoms with E-state index >= 15 is 0 Å². The molecule has 0 aromatic heterocycles. The summed E-state index contributed by atoms with van der Waals surface area (Å²) >= 11 is 0. The molecule has 0 bridgehead atoms. The maximum atomic E-state index is 12.0. The lowest BCUT2D eigenvalue weighted by atomic mass is 9.97. The van der Waals surface area contributed by atoms with E-state index in [1.807, 2.05) is 30.3 Å². The summed E-state index contributed by atoms with van der Waals surface area (Å²) in [5, 5.41) is 0. The molecule has 0 aliphatic carbocycles. The molecular formula is C15H15NO4. The molecule has 1 heterocycles. The Labute approximate surface area is 116 Å². The maximum Gasteiger partial charge on any atom is 0.304 e. The number of rotatable bonds is 3. The number of ether oxygens (including phenoxy) is 1. The van der Waals surface area contributed by atoms with Gasteiger partial charge >= 0.3 is 5.97 Å². The molecule has 0 N–H and O–H groups in total. The second-order valence-electron chi connectivity index (χ2n) is 4.58. The fraction of sp³-hybridized carbons (Fsp3) is 0.267. The molecule has 104 valence electrons. The number of imide groups is 1. The molecule has 5 nitrogen and oxygen atoms in total. The third kappa shape index (κ3) is 2.77. The molecule has 2 atom stereocenters. The Morgan fingerprint density at radius 2 is 1.90 bits per heavy atom. The largest absolute Gasteiger partial charge is 0.440 e. The Morgan fingerprint density at radius 3 is 2.50 bits per heavy atom. The number of esters is 1. The lowest BCUT2D eigenvalue weighted by Crippen LogP contribution is -2.63. The van der Waals surface area contributed by atoms with Crippen LogP contribution in [0.15, 0.2) is 36.4 Å². The lowest BCUT2D eigenvalue weighted by Gasteiger charge is -2.41. The van der Waals surface area contributed by atoms with E-state index in [9.17, 15) is 14.4 Å². The third-order valence-electron chi connectivity index (χ3n) is 3.05. The second kappa shape index (κ2) is 5.69. The van der Waals surface area contributed by atoms with Gasteiger partial charge in [0.2, 0.25) is 5.91 Å².